The highest BCUT2D eigenvalue weighted by atomic mass is 16.5. The van der Waals surface area contributed by atoms with Gasteiger partial charge in [-0.1, -0.05) is 30.3 Å². The van der Waals surface area contributed by atoms with Crippen molar-refractivity contribution in [3.63, 3.8) is 0 Å². The zero-order valence-electron chi connectivity index (χ0n) is 14.0. The molecular weight excluding hydrogens is 302 g/mol. The molecule has 0 spiro atoms. The van der Waals surface area contributed by atoms with Crippen molar-refractivity contribution < 1.29 is 14.6 Å². The summed E-state index contributed by atoms with van der Waals surface area (Å²) in [6.45, 7) is 1.63. The monoisotopic (exact) mass is 323 g/mol. The summed E-state index contributed by atoms with van der Waals surface area (Å²) in [5.41, 5.74) is 2.07. The van der Waals surface area contributed by atoms with Crippen LogP contribution in [-0.4, -0.2) is 18.3 Å². The third-order valence-corrected chi connectivity index (χ3v) is 4.52. The van der Waals surface area contributed by atoms with E-state index in [1.807, 2.05) is 18.2 Å². The molecule has 2 aromatic carbocycles. The van der Waals surface area contributed by atoms with Crippen LogP contribution >= 0.6 is 0 Å². The quantitative estimate of drug-likeness (QED) is 0.916. The lowest BCUT2D eigenvalue weighted by molar-refractivity contribution is 0.0618. The number of nitriles is 1. The third-order valence-electron chi connectivity index (χ3n) is 4.52. The maximum Gasteiger partial charge on any atom is 0.161 e. The standard InChI is InChI=1S/C20H21NO3/c1-20(22,9-10-21)16-7-8-18(23-2)19(13-16)24-17-11-14-5-3-4-6-15(14)12-17/h3-8,13,17,22H,9,11-12H2,1-2H3. The van der Waals surface area contributed by atoms with E-state index < -0.39 is 5.60 Å². The molecule has 1 unspecified atom stereocenters. The van der Waals surface area contributed by atoms with E-state index in [1.54, 1.807) is 32.2 Å². The molecule has 0 saturated carbocycles. The third kappa shape index (κ3) is 3.22. The summed E-state index contributed by atoms with van der Waals surface area (Å²) in [5, 5.41) is 19.4. The number of ether oxygens (including phenoxy) is 2. The fourth-order valence-corrected chi connectivity index (χ4v) is 3.14. The first-order chi connectivity index (χ1) is 11.5. The number of nitrogens with zero attached hydrogens (tertiary/aromatic N) is 1. The van der Waals surface area contributed by atoms with Crippen LogP contribution in [0.5, 0.6) is 11.5 Å². The molecule has 0 amide bonds. The van der Waals surface area contributed by atoms with Crippen LogP contribution in [0.2, 0.25) is 0 Å². The van der Waals surface area contributed by atoms with Gasteiger partial charge < -0.3 is 14.6 Å². The van der Waals surface area contributed by atoms with E-state index in [0.717, 1.165) is 12.8 Å². The topological polar surface area (TPSA) is 62.5 Å². The zero-order valence-corrected chi connectivity index (χ0v) is 14.0. The van der Waals surface area contributed by atoms with Crippen LogP contribution in [0, 0.1) is 11.3 Å². The average Bonchev–Trinajstić information content (AvgIpc) is 2.97. The smallest absolute Gasteiger partial charge is 0.161 e. The van der Waals surface area contributed by atoms with Gasteiger partial charge in [0, 0.05) is 12.8 Å². The lowest BCUT2D eigenvalue weighted by atomic mass is 9.93. The fourth-order valence-electron chi connectivity index (χ4n) is 3.14. The molecule has 124 valence electrons. The normalized spacial score (nSPS) is 16.1. The second-order valence-electron chi connectivity index (χ2n) is 6.39. The van der Waals surface area contributed by atoms with E-state index in [9.17, 15) is 5.11 Å². The molecule has 4 nitrogen and oxygen atoms in total. The van der Waals surface area contributed by atoms with Crippen molar-refractivity contribution in [1.29, 1.82) is 5.26 Å². The van der Waals surface area contributed by atoms with Crippen molar-refractivity contribution in [2.24, 2.45) is 0 Å². The van der Waals surface area contributed by atoms with Gasteiger partial charge >= 0.3 is 0 Å². The molecule has 1 N–H and O–H groups in total. The molecule has 0 aliphatic heterocycles. The number of hydrogen-bond donors (Lipinski definition) is 1. The molecule has 2 aromatic rings. The minimum absolute atomic E-state index is 0.0215. The minimum atomic E-state index is -1.21. The molecule has 0 bridgehead atoms. The van der Waals surface area contributed by atoms with Crippen LogP contribution in [0.4, 0.5) is 0 Å². The lowest BCUT2D eigenvalue weighted by Crippen LogP contribution is -2.21. The van der Waals surface area contributed by atoms with Gasteiger partial charge in [-0.25, -0.2) is 0 Å². The summed E-state index contributed by atoms with van der Waals surface area (Å²) in [7, 11) is 1.60. The Hall–Kier alpha value is -2.51. The summed E-state index contributed by atoms with van der Waals surface area (Å²) in [6, 6.07) is 15.7. The van der Waals surface area contributed by atoms with E-state index in [4.69, 9.17) is 14.7 Å². The summed E-state index contributed by atoms with van der Waals surface area (Å²) in [6.07, 6.45) is 1.79. The Labute approximate surface area is 142 Å². The molecule has 1 aliphatic rings. The maximum atomic E-state index is 10.5. The fraction of sp³-hybridized carbons (Fsp3) is 0.350. The van der Waals surface area contributed by atoms with E-state index in [1.165, 1.54) is 11.1 Å². The molecule has 0 fully saturated rings. The minimum Gasteiger partial charge on any atom is -0.493 e. The Morgan fingerprint density at radius 1 is 1.17 bits per heavy atom. The summed E-state index contributed by atoms with van der Waals surface area (Å²) < 4.78 is 11.6. The van der Waals surface area contributed by atoms with Crippen molar-refractivity contribution in [1.82, 2.24) is 0 Å². The van der Waals surface area contributed by atoms with Gasteiger partial charge in [0.1, 0.15) is 6.10 Å². The molecule has 0 radical (unpaired) electrons. The van der Waals surface area contributed by atoms with E-state index in [-0.39, 0.29) is 12.5 Å². The summed E-state index contributed by atoms with van der Waals surface area (Å²) >= 11 is 0. The predicted octanol–water partition coefficient (Wildman–Crippen LogP) is 3.36. The van der Waals surface area contributed by atoms with Crippen LogP contribution in [0.1, 0.15) is 30.0 Å². The van der Waals surface area contributed by atoms with Gasteiger partial charge in [-0.05, 0) is 35.7 Å². The van der Waals surface area contributed by atoms with E-state index >= 15 is 0 Å². The first-order valence-electron chi connectivity index (χ1n) is 8.05. The first kappa shape index (κ1) is 16.4. The first-order valence-corrected chi connectivity index (χ1v) is 8.05. The van der Waals surface area contributed by atoms with Gasteiger partial charge in [0.15, 0.2) is 11.5 Å². The molecule has 24 heavy (non-hydrogen) atoms. The van der Waals surface area contributed by atoms with Crippen molar-refractivity contribution >= 4 is 0 Å². The van der Waals surface area contributed by atoms with Crippen LogP contribution in [-0.2, 0) is 18.4 Å². The SMILES string of the molecule is COc1ccc(C(C)(O)CC#N)cc1OC1Cc2ccccc2C1. The van der Waals surface area contributed by atoms with Gasteiger partial charge in [-0.2, -0.15) is 5.26 Å². The van der Waals surface area contributed by atoms with Gasteiger partial charge in [0.25, 0.3) is 0 Å². The lowest BCUT2D eigenvalue weighted by Gasteiger charge is -2.23. The van der Waals surface area contributed by atoms with Crippen LogP contribution < -0.4 is 9.47 Å². The van der Waals surface area contributed by atoms with Gasteiger partial charge in [0.05, 0.1) is 25.2 Å². The molecule has 4 heteroatoms. The van der Waals surface area contributed by atoms with Crippen molar-refractivity contribution in [2.45, 2.75) is 37.9 Å². The van der Waals surface area contributed by atoms with E-state index in [0.29, 0.717) is 17.1 Å². The highest BCUT2D eigenvalue weighted by Crippen LogP contribution is 2.36. The van der Waals surface area contributed by atoms with Gasteiger partial charge in [-0.15, -0.1) is 0 Å². The molecule has 0 aromatic heterocycles. The molecule has 3 rings (SSSR count). The number of methoxy groups -OCH3 is 1. The zero-order chi connectivity index (χ0) is 17.2. The van der Waals surface area contributed by atoms with Crippen molar-refractivity contribution in [2.75, 3.05) is 7.11 Å². The Kier molecular flexibility index (Phi) is 4.46. The van der Waals surface area contributed by atoms with Crippen LogP contribution in [0.3, 0.4) is 0 Å². The molecule has 1 atom stereocenters. The number of rotatable bonds is 5. The van der Waals surface area contributed by atoms with Gasteiger partial charge in [0.2, 0.25) is 0 Å². The molecule has 0 saturated heterocycles. The Morgan fingerprint density at radius 2 is 1.83 bits per heavy atom. The Balaban J connectivity index is 1.84. The largest absolute Gasteiger partial charge is 0.493 e. The van der Waals surface area contributed by atoms with Crippen molar-refractivity contribution in [3.8, 4) is 17.6 Å². The van der Waals surface area contributed by atoms with E-state index in [2.05, 4.69) is 12.1 Å². The summed E-state index contributed by atoms with van der Waals surface area (Å²) in [5.74, 6) is 1.23. The highest BCUT2D eigenvalue weighted by molar-refractivity contribution is 5.45. The van der Waals surface area contributed by atoms with Gasteiger partial charge in [-0.3, -0.25) is 0 Å². The molecule has 1 aliphatic carbocycles. The second kappa shape index (κ2) is 6.54. The average molecular weight is 323 g/mol. The number of fused-ring (bicyclic) bond motifs is 1. The Morgan fingerprint density at radius 3 is 2.42 bits per heavy atom. The highest BCUT2D eigenvalue weighted by Gasteiger charge is 2.27. The maximum absolute atomic E-state index is 10.5. The summed E-state index contributed by atoms with van der Waals surface area (Å²) in [4.78, 5) is 0. The Bertz CT molecular complexity index is 752. The van der Waals surface area contributed by atoms with Crippen LogP contribution in [0.25, 0.3) is 0 Å². The number of hydrogen-bond acceptors (Lipinski definition) is 4. The predicted molar refractivity (Wildman–Crippen MR) is 91.1 cm³/mol. The number of aliphatic hydroxyl groups is 1. The number of benzene rings is 2. The molecule has 0 heterocycles. The van der Waals surface area contributed by atoms with Crippen molar-refractivity contribution in [3.05, 3.63) is 59.2 Å². The van der Waals surface area contributed by atoms with Crippen LogP contribution in [0.15, 0.2) is 42.5 Å². The second-order valence-corrected chi connectivity index (χ2v) is 6.39. The molecular formula is C20H21NO3.